The molecule has 0 aromatic heterocycles. The second-order valence-electron chi connectivity index (χ2n) is 7.70. The Morgan fingerprint density at radius 2 is 1.77 bits per heavy atom. The number of benzene rings is 2. The standard InChI is InChI=1S/C22H20ClN3O5/c23-17-11-10-14(12-18(17)26(30)31)21(28)24(15-8-4-5-9-15)19-13-20(27)25(22(19)29)16-6-2-1-3-7-16/h1-3,6-7,10-12,15,19H,4-5,8-9,13H2. The van der Waals surface area contributed by atoms with Crippen molar-refractivity contribution in [1.29, 1.82) is 0 Å². The predicted octanol–water partition coefficient (Wildman–Crippen LogP) is 3.97. The fourth-order valence-electron chi connectivity index (χ4n) is 4.36. The number of carbonyl (C=O) groups excluding carboxylic acids is 3. The van der Waals surface area contributed by atoms with Crippen molar-refractivity contribution in [3.63, 3.8) is 0 Å². The average molecular weight is 442 g/mol. The number of amides is 3. The van der Waals surface area contributed by atoms with Gasteiger partial charge in [-0.2, -0.15) is 0 Å². The van der Waals surface area contributed by atoms with E-state index in [2.05, 4.69) is 0 Å². The molecule has 2 aliphatic rings. The molecule has 1 atom stereocenters. The summed E-state index contributed by atoms with van der Waals surface area (Å²) in [4.78, 5) is 52.7. The van der Waals surface area contributed by atoms with Crippen molar-refractivity contribution in [2.24, 2.45) is 0 Å². The summed E-state index contributed by atoms with van der Waals surface area (Å²) in [6.07, 6.45) is 3.13. The summed E-state index contributed by atoms with van der Waals surface area (Å²) in [7, 11) is 0. The normalized spacial score (nSPS) is 19.1. The van der Waals surface area contributed by atoms with Crippen LogP contribution < -0.4 is 4.90 Å². The lowest BCUT2D eigenvalue weighted by Gasteiger charge is -2.33. The number of carbonyl (C=O) groups is 3. The Morgan fingerprint density at radius 3 is 2.42 bits per heavy atom. The van der Waals surface area contributed by atoms with E-state index in [1.165, 1.54) is 17.0 Å². The zero-order valence-electron chi connectivity index (χ0n) is 16.6. The van der Waals surface area contributed by atoms with Gasteiger partial charge in [-0.05, 0) is 37.1 Å². The maximum absolute atomic E-state index is 13.5. The largest absolute Gasteiger partial charge is 0.323 e. The molecule has 1 aliphatic carbocycles. The van der Waals surface area contributed by atoms with Crippen LogP contribution >= 0.6 is 11.6 Å². The van der Waals surface area contributed by atoms with Crippen molar-refractivity contribution in [3.8, 4) is 0 Å². The van der Waals surface area contributed by atoms with E-state index < -0.39 is 22.8 Å². The average Bonchev–Trinajstić information content (AvgIpc) is 3.37. The first-order valence-corrected chi connectivity index (χ1v) is 10.4. The lowest BCUT2D eigenvalue weighted by molar-refractivity contribution is -0.384. The molecule has 9 heteroatoms. The molecule has 0 bridgehead atoms. The van der Waals surface area contributed by atoms with Crippen LogP contribution in [0.3, 0.4) is 0 Å². The number of para-hydroxylation sites is 1. The Kier molecular flexibility index (Phi) is 5.73. The van der Waals surface area contributed by atoms with Gasteiger partial charge in [-0.1, -0.05) is 42.6 Å². The highest BCUT2D eigenvalue weighted by molar-refractivity contribution is 6.32. The van der Waals surface area contributed by atoms with Crippen molar-refractivity contribution < 1.29 is 19.3 Å². The van der Waals surface area contributed by atoms with Crippen LogP contribution in [0, 0.1) is 10.1 Å². The third-order valence-corrected chi connectivity index (χ3v) is 6.13. The molecule has 0 radical (unpaired) electrons. The number of nitro groups is 1. The minimum absolute atomic E-state index is 0.0708. The van der Waals surface area contributed by atoms with Crippen molar-refractivity contribution >= 4 is 40.7 Å². The number of hydrogen-bond acceptors (Lipinski definition) is 5. The monoisotopic (exact) mass is 441 g/mol. The third-order valence-electron chi connectivity index (χ3n) is 5.82. The van der Waals surface area contributed by atoms with Crippen LogP contribution in [0.2, 0.25) is 5.02 Å². The molecule has 3 amide bonds. The smallest absolute Gasteiger partial charge is 0.288 e. The number of nitro benzene ring substituents is 1. The molecule has 2 aromatic rings. The Morgan fingerprint density at radius 1 is 1.10 bits per heavy atom. The molecular weight excluding hydrogens is 422 g/mol. The molecule has 0 spiro atoms. The first-order chi connectivity index (χ1) is 14.9. The van der Waals surface area contributed by atoms with E-state index in [-0.39, 0.29) is 34.6 Å². The summed E-state index contributed by atoms with van der Waals surface area (Å²) >= 11 is 5.89. The Hall–Kier alpha value is -3.26. The number of halogens is 1. The number of nitrogens with zero attached hydrogens (tertiary/aromatic N) is 3. The van der Waals surface area contributed by atoms with Gasteiger partial charge in [-0.3, -0.25) is 24.5 Å². The highest BCUT2D eigenvalue weighted by Gasteiger charge is 2.47. The summed E-state index contributed by atoms with van der Waals surface area (Å²) in [5.41, 5.74) is 0.154. The van der Waals surface area contributed by atoms with Gasteiger partial charge in [0.05, 0.1) is 17.0 Å². The molecule has 0 N–H and O–H groups in total. The predicted molar refractivity (Wildman–Crippen MR) is 114 cm³/mol. The fraction of sp³-hybridized carbons (Fsp3) is 0.318. The van der Waals surface area contributed by atoms with E-state index in [0.29, 0.717) is 18.5 Å². The van der Waals surface area contributed by atoms with Crippen molar-refractivity contribution in [2.75, 3.05) is 4.90 Å². The van der Waals surface area contributed by atoms with E-state index in [9.17, 15) is 24.5 Å². The van der Waals surface area contributed by atoms with Gasteiger partial charge in [-0.25, -0.2) is 4.90 Å². The second-order valence-corrected chi connectivity index (χ2v) is 8.10. The van der Waals surface area contributed by atoms with Crippen molar-refractivity contribution in [2.45, 2.75) is 44.2 Å². The van der Waals surface area contributed by atoms with Crippen LogP contribution in [-0.4, -0.2) is 39.6 Å². The van der Waals surface area contributed by atoms with Gasteiger partial charge in [0.2, 0.25) is 5.91 Å². The first kappa shape index (κ1) is 21.0. The third kappa shape index (κ3) is 3.90. The van der Waals surface area contributed by atoms with Gasteiger partial charge in [0, 0.05) is 17.7 Å². The molecule has 1 saturated carbocycles. The van der Waals surface area contributed by atoms with Gasteiger partial charge in [0.25, 0.3) is 17.5 Å². The summed E-state index contributed by atoms with van der Waals surface area (Å²) in [5.74, 6) is -1.34. The molecular formula is C22H20ClN3O5. The highest BCUT2D eigenvalue weighted by Crippen LogP contribution is 2.34. The second kappa shape index (κ2) is 8.47. The molecule has 1 heterocycles. The van der Waals surface area contributed by atoms with Gasteiger partial charge < -0.3 is 4.90 Å². The minimum atomic E-state index is -0.946. The molecule has 2 fully saturated rings. The van der Waals surface area contributed by atoms with Crippen LogP contribution in [0.25, 0.3) is 0 Å². The lowest BCUT2D eigenvalue weighted by atomic mass is 10.1. The zero-order chi connectivity index (χ0) is 22.1. The van der Waals surface area contributed by atoms with Gasteiger partial charge in [-0.15, -0.1) is 0 Å². The van der Waals surface area contributed by atoms with E-state index in [1.807, 2.05) is 0 Å². The number of hydrogen-bond donors (Lipinski definition) is 0. The first-order valence-electron chi connectivity index (χ1n) is 10.1. The highest BCUT2D eigenvalue weighted by atomic mass is 35.5. The minimum Gasteiger partial charge on any atom is -0.323 e. The van der Waals surface area contributed by atoms with E-state index >= 15 is 0 Å². The van der Waals surface area contributed by atoms with Crippen molar-refractivity contribution in [1.82, 2.24) is 4.90 Å². The Labute approximate surface area is 183 Å². The number of anilines is 1. The van der Waals surface area contributed by atoms with E-state index in [1.54, 1.807) is 30.3 Å². The van der Waals surface area contributed by atoms with E-state index in [0.717, 1.165) is 23.8 Å². The molecule has 2 aromatic carbocycles. The fourth-order valence-corrected chi connectivity index (χ4v) is 4.55. The Bertz CT molecular complexity index is 1050. The molecule has 1 unspecified atom stereocenters. The molecule has 1 aliphatic heterocycles. The topological polar surface area (TPSA) is 101 Å². The van der Waals surface area contributed by atoms with Gasteiger partial charge in [0.1, 0.15) is 11.1 Å². The molecule has 4 rings (SSSR count). The summed E-state index contributed by atoms with van der Waals surface area (Å²) < 4.78 is 0. The molecule has 1 saturated heterocycles. The summed E-state index contributed by atoms with van der Waals surface area (Å²) in [6, 6.07) is 11.3. The quantitative estimate of drug-likeness (QED) is 0.397. The Balaban J connectivity index is 1.70. The zero-order valence-corrected chi connectivity index (χ0v) is 17.3. The summed E-state index contributed by atoms with van der Waals surface area (Å²) in [5, 5.41) is 11.2. The van der Waals surface area contributed by atoms with Crippen LogP contribution in [0.4, 0.5) is 11.4 Å². The van der Waals surface area contributed by atoms with Crippen LogP contribution in [-0.2, 0) is 9.59 Å². The molecule has 31 heavy (non-hydrogen) atoms. The number of rotatable bonds is 5. The maximum atomic E-state index is 13.5. The van der Waals surface area contributed by atoms with Crippen LogP contribution in [0.1, 0.15) is 42.5 Å². The maximum Gasteiger partial charge on any atom is 0.288 e. The van der Waals surface area contributed by atoms with Crippen LogP contribution in [0.15, 0.2) is 48.5 Å². The molecule has 8 nitrogen and oxygen atoms in total. The SMILES string of the molecule is O=C1CC(N(C(=O)c2ccc(Cl)c([N+](=O)[O-])c2)C2CCCC2)C(=O)N1c1ccccc1. The number of imide groups is 1. The lowest BCUT2D eigenvalue weighted by Crippen LogP contribution is -2.50. The van der Waals surface area contributed by atoms with Crippen molar-refractivity contribution in [3.05, 3.63) is 69.2 Å². The van der Waals surface area contributed by atoms with Crippen LogP contribution in [0.5, 0.6) is 0 Å². The van der Waals surface area contributed by atoms with Gasteiger partial charge in [0.15, 0.2) is 0 Å². The van der Waals surface area contributed by atoms with Gasteiger partial charge >= 0.3 is 0 Å². The van der Waals surface area contributed by atoms with E-state index in [4.69, 9.17) is 11.6 Å². The summed E-state index contributed by atoms with van der Waals surface area (Å²) in [6.45, 7) is 0. The molecule has 160 valence electrons.